The summed E-state index contributed by atoms with van der Waals surface area (Å²) in [5.41, 5.74) is 1.16. The largest absolute Gasteiger partial charge is 0.477 e. The summed E-state index contributed by atoms with van der Waals surface area (Å²) < 4.78 is 1.65. The lowest BCUT2D eigenvalue weighted by Gasteiger charge is -2.12. The summed E-state index contributed by atoms with van der Waals surface area (Å²) in [5, 5.41) is 18.0. The van der Waals surface area contributed by atoms with E-state index < -0.39 is 11.4 Å². The minimum Gasteiger partial charge on any atom is -0.477 e. The summed E-state index contributed by atoms with van der Waals surface area (Å²) in [4.78, 5) is 22.6. The number of carboxylic acids is 1. The number of benzene rings is 1. The van der Waals surface area contributed by atoms with Crippen molar-refractivity contribution in [3.05, 3.63) is 69.1 Å². The van der Waals surface area contributed by atoms with Crippen molar-refractivity contribution in [3.63, 3.8) is 0 Å². The molecule has 1 N–H and O–H groups in total. The van der Waals surface area contributed by atoms with Crippen molar-refractivity contribution in [2.75, 3.05) is 0 Å². The molecule has 0 saturated carbocycles. The molecule has 100 valence electrons. The van der Waals surface area contributed by atoms with E-state index in [0.29, 0.717) is 17.8 Å². The molecule has 0 unspecified atom stereocenters. The lowest BCUT2D eigenvalue weighted by molar-refractivity contribution is 0.0694. The minimum absolute atomic E-state index is 0.273. The van der Waals surface area contributed by atoms with Crippen LogP contribution in [0.3, 0.4) is 0 Å². The van der Waals surface area contributed by atoms with E-state index in [4.69, 9.17) is 10.4 Å². The Hall–Kier alpha value is -2.87. The number of nitrogens with zero attached hydrogens (tertiary/aromatic N) is 2. The molecule has 0 atom stereocenters. The first kappa shape index (κ1) is 13.6. The number of aromatic carboxylic acids is 1. The number of pyridine rings is 1. The van der Waals surface area contributed by atoms with Crippen LogP contribution in [0, 0.1) is 18.3 Å². The quantitative estimate of drug-likeness (QED) is 0.919. The van der Waals surface area contributed by atoms with E-state index in [1.54, 1.807) is 29.7 Å². The predicted octanol–water partition coefficient (Wildman–Crippen LogP) is 1.77. The number of carbonyl (C=O) groups is 1. The molecule has 0 saturated heterocycles. The number of aromatic nitrogens is 1. The highest BCUT2D eigenvalue weighted by Crippen LogP contribution is 2.11. The van der Waals surface area contributed by atoms with E-state index in [1.165, 1.54) is 12.3 Å². The Labute approximate surface area is 115 Å². The molecule has 0 fully saturated rings. The normalized spacial score (nSPS) is 10.0. The second kappa shape index (κ2) is 5.41. The summed E-state index contributed by atoms with van der Waals surface area (Å²) in [6.45, 7) is 2.07. The number of aryl methyl sites for hydroxylation is 1. The van der Waals surface area contributed by atoms with E-state index in [1.807, 2.05) is 6.07 Å². The average Bonchev–Trinajstić information content (AvgIpc) is 2.42. The molecule has 0 radical (unpaired) electrons. The molecule has 0 aliphatic carbocycles. The Morgan fingerprint density at radius 2 is 2.10 bits per heavy atom. The van der Waals surface area contributed by atoms with E-state index in [9.17, 15) is 9.59 Å². The number of nitriles is 1. The Balaban J connectivity index is 2.49. The molecular formula is C15H12N2O3. The molecule has 0 aliphatic heterocycles. The van der Waals surface area contributed by atoms with E-state index >= 15 is 0 Å². The minimum atomic E-state index is -1.25. The van der Waals surface area contributed by atoms with Crippen LogP contribution >= 0.6 is 0 Å². The van der Waals surface area contributed by atoms with Crippen LogP contribution in [-0.4, -0.2) is 15.6 Å². The number of hydrogen-bond donors (Lipinski definition) is 1. The molecular weight excluding hydrogens is 256 g/mol. The Bertz CT molecular complexity index is 769. The smallest absolute Gasteiger partial charge is 0.341 e. The highest BCUT2D eigenvalue weighted by Gasteiger charge is 2.11. The van der Waals surface area contributed by atoms with Gasteiger partial charge in [0.15, 0.2) is 5.43 Å². The van der Waals surface area contributed by atoms with Crippen LogP contribution in [0.5, 0.6) is 0 Å². The molecule has 5 nitrogen and oxygen atoms in total. The summed E-state index contributed by atoms with van der Waals surface area (Å²) >= 11 is 0. The summed E-state index contributed by atoms with van der Waals surface area (Å²) in [7, 11) is 0. The second-order valence-corrected chi connectivity index (χ2v) is 4.39. The number of hydrogen-bond acceptors (Lipinski definition) is 3. The third-order valence-electron chi connectivity index (χ3n) is 3.05. The van der Waals surface area contributed by atoms with E-state index in [-0.39, 0.29) is 5.56 Å². The van der Waals surface area contributed by atoms with Gasteiger partial charge >= 0.3 is 5.97 Å². The fraction of sp³-hybridized carbons (Fsp3) is 0.133. The van der Waals surface area contributed by atoms with E-state index in [0.717, 1.165) is 5.56 Å². The van der Waals surface area contributed by atoms with Crippen LogP contribution in [-0.2, 0) is 6.54 Å². The second-order valence-electron chi connectivity index (χ2n) is 4.39. The molecule has 0 amide bonds. The van der Waals surface area contributed by atoms with Crippen molar-refractivity contribution < 1.29 is 9.90 Å². The highest BCUT2D eigenvalue weighted by atomic mass is 16.4. The van der Waals surface area contributed by atoms with Crippen LogP contribution in [0.25, 0.3) is 0 Å². The first-order valence-corrected chi connectivity index (χ1v) is 5.95. The number of rotatable bonds is 3. The van der Waals surface area contributed by atoms with Crippen molar-refractivity contribution in [3.8, 4) is 6.07 Å². The molecule has 0 bridgehead atoms. The van der Waals surface area contributed by atoms with Gasteiger partial charge in [0.25, 0.3) is 0 Å². The maximum Gasteiger partial charge on any atom is 0.341 e. The molecule has 5 heteroatoms. The summed E-state index contributed by atoms with van der Waals surface area (Å²) in [6, 6.07) is 10.5. The summed E-state index contributed by atoms with van der Waals surface area (Å²) in [5.74, 6) is -1.25. The standard InChI is InChI=1S/C15H12N2O3/c1-10-6-14(18)13(15(19)20)9-17(10)8-12-5-3-2-4-11(12)7-16/h2-6,9H,8H2,1H3,(H,19,20). The lowest BCUT2D eigenvalue weighted by Crippen LogP contribution is -2.19. The lowest BCUT2D eigenvalue weighted by atomic mass is 10.1. The molecule has 1 heterocycles. The van der Waals surface area contributed by atoms with Gasteiger partial charge in [0.05, 0.1) is 11.6 Å². The van der Waals surface area contributed by atoms with Crippen LogP contribution in [0.2, 0.25) is 0 Å². The van der Waals surface area contributed by atoms with Crippen LogP contribution in [0.15, 0.2) is 41.3 Å². The fourth-order valence-electron chi connectivity index (χ4n) is 1.95. The van der Waals surface area contributed by atoms with Gasteiger partial charge in [-0.3, -0.25) is 4.79 Å². The van der Waals surface area contributed by atoms with Crippen molar-refractivity contribution >= 4 is 5.97 Å². The zero-order chi connectivity index (χ0) is 14.7. The van der Waals surface area contributed by atoms with Gasteiger partial charge in [0.2, 0.25) is 0 Å². The maximum absolute atomic E-state index is 11.6. The Morgan fingerprint density at radius 3 is 2.75 bits per heavy atom. The van der Waals surface area contributed by atoms with Gasteiger partial charge in [-0.2, -0.15) is 5.26 Å². The molecule has 1 aromatic carbocycles. The first-order valence-electron chi connectivity index (χ1n) is 5.95. The highest BCUT2D eigenvalue weighted by molar-refractivity contribution is 5.87. The van der Waals surface area contributed by atoms with Crippen molar-refractivity contribution in [1.29, 1.82) is 5.26 Å². The van der Waals surface area contributed by atoms with Crippen molar-refractivity contribution in [2.24, 2.45) is 0 Å². The molecule has 0 spiro atoms. The van der Waals surface area contributed by atoms with Gasteiger partial charge in [-0.1, -0.05) is 18.2 Å². The maximum atomic E-state index is 11.6. The first-order chi connectivity index (χ1) is 9.52. The fourth-order valence-corrected chi connectivity index (χ4v) is 1.95. The van der Waals surface area contributed by atoms with Crippen LogP contribution in [0.4, 0.5) is 0 Å². The van der Waals surface area contributed by atoms with Gasteiger partial charge in [0.1, 0.15) is 5.56 Å². The van der Waals surface area contributed by atoms with Crippen molar-refractivity contribution in [2.45, 2.75) is 13.5 Å². The summed E-state index contributed by atoms with van der Waals surface area (Å²) in [6.07, 6.45) is 1.31. The molecule has 0 aliphatic rings. The van der Waals surface area contributed by atoms with Gasteiger partial charge < -0.3 is 9.67 Å². The third-order valence-corrected chi connectivity index (χ3v) is 3.05. The SMILES string of the molecule is Cc1cc(=O)c(C(=O)O)cn1Cc1ccccc1C#N. The Morgan fingerprint density at radius 1 is 1.40 bits per heavy atom. The van der Waals surface area contributed by atoms with Gasteiger partial charge in [-0.15, -0.1) is 0 Å². The van der Waals surface area contributed by atoms with Gasteiger partial charge in [0, 0.05) is 24.5 Å². The van der Waals surface area contributed by atoms with E-state index in [2.05, 4.69) is 6.07 Å². The molecule has 20 heavy (non-hydrogen) atoms. The van der Waals surface area contributed by atoms with Gasteiger partial charge in [-0.05, 0) is 18.6 Å². The zero-order valence-corrected chi connectivity index (χ0v) is 10.8. The average molecular weight is 268 g/mol. The predicted molar refractivity (Wildman–Crippen MR) is 72.7 cm³/mol. The molecule has 2 aromatic rings. The van der Waals surface area contributed by atoms with Crippen LogP contribution < -0.4 is 5.43 Å². The van der Waals surface area contributed by atoms with Gasteiger partial charge in [-0.25, -0.2) is 4.79 Å². The Kier molecular flexibility index (Phi) is 3.67. The third kappa shape index (κ3) is 2.59. The molecule has 2 rings (SSSR count). The molecule has 1 aromatic heterocycles. The topological polar surface area (TPSA) is 83.1 Å². The monoisotopic (exact) mass is 268 g/mol. The number of carboxylic acid groups (broad SMARTS) is 1. The zero-order valence-electron chi connectivity index (χ0n) is 10.8. The van der Waals surface area contributed by atoms with Crippen LogP contribution in [0.1, 0.15) is 27.2 Å². The van der Waals surface area contributed by atoms with Crippen molar-refractivity contribution in [1.82, 2.24) is 4.57 Å².